The Hall–Kier alpha value is -0.610. The Morgan fingerprint density at radius 1 is 1.10 bits per heavy atom. The maximum absolute atomic E-state index is 12.3. The van der Waals surface area contributed by atoms with Crippen molar-refractivity contribution in [3.05, 3.63) is 0 Å². The highest BCUT2D eigenvalue weighted by atomic mass is 16.5. The van der Waals surface area contributed by atoms with E-state index in [0.717, 1.165) is 31.8 Å². The highest BCUT2D eigenvalue weighted by Crippen LogP contribution is 2.38. The predicted octanol–water partition coefficient (Wildman–Crippen LogP) is 1.98. The molecule has 1 aliphatic heterocycles. The summed E-state index contributed by atoms with van der Waals surface area (Å²) >= 11 is 0. The maximum Gasteiger partial charge on any atom is 0.237 e. The summed E-state index contributed by atoms with van der Waals surface area (Å²) in [5.41, 5.74) is 0. The van der Waals surface area contributed by atoms with Crippen LogP contribution in [-0.2, 0) is 9.53 Å². The second-order valence-electron chi connectivity index (χ2n) is 6.80. The van der Waals surface area contributed by atoms with Crippen LogP contribution in [0.2, 0.25) is 0 Å². The summed E-state index contributed by atoms with van der Waals surface area (Å²) in [6, 6.07) is 0.666. The van der Waals surface area contributed by atoms with Gasteiger partial charge in [0.25, 0.3) is 0 Å². The van der Waals surface area contributed by atoms with Crippen molar-refractivity contribution in [1.29, 1.82) is 0 Å². The molecule has 0 aromatic carbocycles. The number of nitrogens with one attached hydrogen (secondary N) is 2. The molecule has 0 radical (unpaired) electrons. The van der Waals surface area contributed by atoms with Gasteiger partial charge < -0.3 is 15.4 Å². The molecule has 0 bridgehead atoms. The third kappa shape index (κ3) is 3.53. The zero-order chi connectivity index (χ0) is 13.9. The molecule has 1 amide bonds. The third-order valence-corrected chi connectivity index (χ3v) is 5.03. The smallest absolute Gasteiger partial charge is 0.237 e. The van der Waals surface area contributed by atoms with Crippen LogP contribution in [0.4, 0.5) is 0 Å². The van der Waals surface area contributed by atoms with Gasteiger partial charge in [-0.1, -0.05) is 19.3 Å². The van der Waals surface area contributed by atoms with Gasteiger partial charge in [0.05, 0.1) is 12.1 Å². The van der Waals surface area contributed by atoms with Gasteiger partial charge >= 0.3 is 0 Å². The minimum atomic E-state index is -0.107. The first-order valence-electron chi connectivity index (χ1n) is 8.42. The summed E-state index contributed by atoms with van der Waals surface area (Å²) in [5, 5.41) is 6.71. The molecule has 2 aliphatic carbocycles. The zero-order valence-electron chi connectivity index (χ0n) is 12.6. The summed E-state index contributed by atoms with van der Waals surface area (Å²) in [6.45, 7) is 2.83. The van der Waals surface area contributed by atoms with E-state index in [9.17, 15) is 4.79 Å². The number of carbonyl (C=O) groups is 1. The molecule has 3 aliphatic rings. The molecule has 3 fully saturated rings. The molecule has 20 heavy (non-hydrogen) atoms. The van der Waals surface area contributed by atoms with Crippen molar-refractivity contribution in [2.24, 2.45) is 5.92 Å². The molecule has 114 valence electrons. The van der Waals surface area contributed by atoms with Crippen LogP contribution in [-0.4, -0.2) is 36.7 Å². The largest absolute Gasteiger partial charge is 0.376 e. The minimum absolute atomic E-state index is 0.107. The molecule has 4 heteroatoms. The van der Waals surface area contributed by atoms with Crippen molar-refractivity contribution in [2.45, 2.75) is 82.5 Å². The summed E-state index contributed by atoms with van der Waals surface area (Å²) in [7, 11) is 0. The van der Waals surface area contributed by atoms with Gasteiger partial charge in [-0.2, -0.15) is 0 Å². The normalized spacial score (nSPS) is 33.0. The highest BCUT2D eigenvalue weighted by molar-refractivity contribution is 5.81. The fraction of sp³-hybridized carbons (Fsp3) is 0.938. The molecule has 2 N–H and O–H groups in total. The lowest BCUT2D eigenvalue weighted by Crippen LogP contribution is -2.51. The van der Waals surface area contributed by atoms with Crippen molar-refractivity contribution in [1.82, 2.24) is 10.6 Å². The second kappa shape index (κ2) is 6.44. The van der Waals surface area contributed by atoms with Crippen LogP contribution in [0.25, 0.3) is 0 Å². The zero-order valence-corrected chi connectivity index (χ0v) is 12.6. The first-order valence-corrected chi connectivity index (χ1v) is 8.42. The van der Waals surface area contributed by atoms with E-state index < -0.39 is 0 Å². The Bertz CT molecular complexity index is 337. The number of ether oxygens (including phenoxy) is 1. The number of hydrogen-bond donors (Lipinski definition) is 2. The van der Waals surface area contributed by atoms with E-state index in [1.54, 1.807) is 0 Å². The molecule has 1 saturated heterocycles. The molecule has 0 aromatic rings. The number of amides is 1. The van der Waals surface area contributed by atoms with Gasteiger partial charge in [-0.25, -0.2) is 0 Å². The number of rotatable bonds is 5. The maximum atomic E-state index is 12.3. The minimum Gasteiger partial charge on any atom is -0.376 e. The van der Waals surface area contributed by atoms with Crippen molar-refractivity contribution in [3.8, 4) is 0 Å². The van der Waals surface area contributed by atoms with Crippen LogP contribution < -0.4 is 10.6 Å². The molecule has 1 heterocycles. The first-order chi connectivity index (χ1) is 9.74. The summed E-state index contributed by atoms with van der Waals surface area (Å²) in [4.78, 5) is 12.3. The highest BCUT2D eigenvalue weighted by Gasteiger charge is 2.41. The Kier molecular flexibility index (Phi) is 4.61. The average molecular weight is 280 g/mol. The standard InChI is InChI=1S/C16H28N2O2/c1-11(16(19)18-13-5-3-2-4-6-13)17-14-9-10-20-15(14)12-7-8-12/h11-15,17H,2-10H2,1H3,(H,18,19). The Morgan fingerprint density at radius 3 is 2.55 bits per heavy atom. The van der Waals surface area contributed by atoms with Gasteiger partial charge in [0, 0.05) is 18.7 Å². The van der Waals surface area contributed by atoms with Crippen LogP contribution in [0.15, 0.2) is 0 Å². The number of hydrogen-bond acceptors (Lipinski definition) is 3. The van der Waals surface area contributed by atoms with E-state index in [4.69, 9.17) is 4.74 Å². The Morgan fingerprint density at radius 2 is 1.85 bits per heavy atom. The lowest BCUT2D eigenvalue weighted by molar-refractivity contribution is -0.124. The van der Waals surface area contributed by atoms with Gasteiger partial charge in [-0.15, -0.1) is 0 Å². The van der Waals surface area contributed by atoms with E-state index in [-0.39, 0.29) is 11.9 Å². The van der Waals surface area contributed by atoms with E-state index in [1.807, 2.05) is 6.92 Å². The quantitative estimate of drug-likeness (QED) is 0.809. The lowest BCUT2D eigenvalue weighted by atomic mass is 9.95. The molecular formula is C16H28N2O2. The molecule has 3 atom stereocenters. The van der Waals surface area contributed by atoms with Crippen molar-refractivity contribution >= 4 is 5.91 Å². The first kappa shape index (κ1) is 14.3. The predicted molar refractivity (Wildman–Crippen MR) is 78.5 cm³/mol. The van der Waals surface area contributed by atoms with Gasteiger partial charge in [0.2, 0.25) is 5.91 Å². The van der Waals surface area contributed by atoms with Crippen LogP contribution in [0.5, 0.6) is 0 Å². The van der Waals surface area contributed by atoms with Crippen LogP contribution >= 0.6 is 0 Å². The topological polar surface area (TPSA) is 50.4 Å². The summed E-state index contributed by atoms with van der Waals surface area (Å²) in [5.74, 6) is 0.905. The lowest BCUT2D eigenvalue weighted by Gasteiger charge is -2.27. The van der Waals surface area contributed by atoms with E-state index in [2.05, 4.69) is 10.6 Å². The Balaban J connectivity index is 1.45. The third-order valence-electron chi connectivity index (χ3n) is 5.03. The van der Waals surface area contributed by atoms with Crippen LogP contribution in [0, 0.1) is 5.92 Å². The van der Waals surface area contributed by atoms with Gasteiger partial charge in [-0.05, 0) is 44.9 Å². The summed E-state index contributed by atoms with van der Waals surface area (Å²) in [6.07, 6.45) is 10.1. The Labute approximate surface area is 122 Å². The second-order valence-corrected chi connectivity index (χ2v) is 6.80. The van der Waals surface area contributed by atoms with E-state index in [1.165, 1.54) is 32.1 Å². The van der Waals surface area contributed by atoms with Crippen molar-refractivity contribution in [2.75, 3.05) is 6.61 Å². The molecule has 2 saturated carbocycles. The van der Waals surface area contributed by atoms with Gasteiger partial charge in [0.1, 0.15) is 0 Å². The fourth-order valence-electron chi connectivity index (χ4n) is 3.65. The van der Waals surface area contributed by atoms with Gasteiger partial charge in [-0.3, -0.25) is 4.79 Å². The van der Waals surface area contributed by atoms with E-state index >= 15 is 0 Å². The van der Waals surface area contributed by atoms with Crippen LogP contribution in [0.3, 0.4) is 0 Å². The van der Waals surface area contributed by atoms with Crippen molar-refractivity contribution in [3.63, 3.8) is 0 Å². The molecule has 3 unspecified atom stereocenters. The van der Waals surface area contributed by atoms with E-state index in [0.29, 0.717) is 18.2 Å². The van der Waals surface area contributed by atoms with Crippen molar-refractivity contribution < 1.29 is 9.53 Å². The average Bonchev–Trinajstić information content (AvgIpc) is 3.20. The SMILES string of the molecule is CC(NC1CCOC1C1CC1)C(=O)NC1CCCCC1. The van der Waals surface area contributed by atoms with Gasteiger partial charge in [0.15, 0.2) is 0 Å². The molecular weight excluding hydrogens is 252 g/mol. The van der Waals surface area contributed by atoms with Crippen LogP contribution in [0.1, 0.15) is 58.3 Å². The number of carbonyl (C=O) groups excluding carboxylic acids is 1. The monoisotopic (exact) mass is 280 g/mol. The fourth-order valence-corrected chi connectivity index (χ4v) is 3.65. The summed E-state index contributed by atoms with van der Waals surface area (Å²) < 4.78 is 5.83. The molecule has 0 spiro atoms. The molecule has 4 nitrogen and oxygen atoms in total. The molecule has 3 rings (SSSR count). The molecule has 0 aromatic heterocycles.